The number of hydrogen-bond acceptors (Lipinski definition) is 18. The number of hydrogen-bond donors (Lipinski definition) is 0. The van der Waals surface area contributed by atoms with Gasteiger partial charge in [-0.1, -0.05) is 40.2 Å². The van der Waals surface area contributed by atoms with Crippen molar-refractivity contribution in [3.63, 3.8) is 0 Å². The quantitative estimate of drug-likeness (QED) is 0.0354. The van der Waals surface area contributed by atoms with E-state index in [0.717, 1.165) is 24.3 Å². The Balaban J connectivity index is 1.07. The van der Waals surface area contributed by atoms with Crippen molar-refractivity contribution in [1.82, 2.24) is 0 Å². The van der Waals surface area contributed by atoms with E-state index in [0.29, 0.717) is 94.9 Å². The molecule has 18 nitrogen and oxygen atoms in total. The predicted molar refractivity (Wildman–Crippen MR) is 274 cm³/mol. The number of benzene rings is 3. The zero-order valence-corrected chi connectivity index (χ0v) is 43.8. The molecule has 5 rings (SSSR count). The molecule has 18 heteroatoms. The third-order valence-corrected chi connectivity index (χ3v) is 13.2. The van der Waals surface area contributed by atoms with Crippen LogP contribution in [-0.2, 0) is 57.2 Å². The van der Waals surface area contributed by atoms with Crippen LogP contribution in [0.2, 0.25) is 0 Å². The molecular formula is C58H66O18. The topological polar surface area (TPSA) is 229 Å². The minimum atomic E-state index is -0.928. The van der Waals surface area contributed by atoms with Crippen LogP contribution in [0.3, 0.4) is 0 Å². The first-order valence-corrected chi connectivity index (χ1v) is 24.9. The van der Waals surface area contributed by atoms with E-state index in [2.05, 4.69) is 26.3 Å². The Hall–Kier alpha value is -8.02. The Morgan fingerprint density at radius 1 is 0.500 bits per heavy atom. The second kappa shape index (κ2) is 28.0. The first kappa shape index (κ1) is 58.9. The highest BCUT2D eigenvalue weighted by atomic mass is 16.6. The van der Waals surface area contributed by atoms with Gasteiger partial charge in [0.05, 0.1) is 23.0 Å². The summed E-state index contributed by atoms with van der Waals surface area (Å²) in [5.41, 5.74) is 3.08. The summed E-state index contributed by atoms with van der Waals surface area (Å²) in [6.07, 6.45) is 3.79. The van der Waals surface area contributed by atoms with E-state index in [1.165, 1.54) is 0 Å². The van der Waals surface area contributed by atoms with Gasteiger partial charge in [0.15, 0.2) is 12.2 Å². The molecule has 0 bridgehead atoms. The molecule has 0 N–H and O–H groups in total. The molecular weight excluding hydrogens is 985 g/mol. The highest BCUT2D eigenvalue weighted by Crippen LogP contribution is 2.37. The van der Waals surface area contributed by atoms with Crippen LogP contribution in [0.1, 0.15) is 95.3 Å². The highest BCUT2D eigenvalue weighted by molar-refractivity contribution is 5.91. The zero-order valence-electron chi connectivity index (χ0n) is 43.8. The number of carbonyl (C=O) groups excluding carboxylic acids is 8. The monoisotopic (exact) mass is 1050 g/mol. The molecule has 8 unspecified atom stereocenters. The van der Waals surface area contributed by atoms with Crippen molar-refractivity contribution in [3.8, 4) is 23.0 Å². The largest absolute Gasteiger partial charge is 0.489 e. The third-order valence-electron chi connectivity index (χ3n) is 13.2. The van der Waals surface area contributed by atoms with E-state index in [1.807, 2.05) is 13.8 Å². The Kier molecular flexibility index (Phi) is 21.7. The van der Waals surface area contributed by atoms with Crippen molar-refractivity contribution in [1.29, 1.82) is 0 Å². The molecule has 2 aliphatic rings. The third kappa shape index (κ3) is 16.7. The van der Waals surface area contributed by atoms with Gasteiger partial charge in [-0.05, 0) is 149 Å². The average Bonchev–Trinajstić information content (AvgIpc) is 3.40. The lowest BCUT2D eigenvalue weighted by atomic mass is 9.80. The van der Waals surface area contributed by atoms with Gasteiger partial charge in [0.25, 0.3) is 0 Å². The van der Waals surface area contributed by atoms with Gasteiger partial charge >= 0.3 is 47.8 Å². The lowest BCUT2D eigenvalue weighted by molar-refractivity contribution is -0.154. The van der Waals surface area contributed by atoms with Crippen molar-refractivity contribution in [3.05, 3.63) is 133 Å². The summed E-state index contributed by atoms with van der Waals surface area (Å²) in [5, 5.41) is 0. The van der Waals surface area contributed by atoms with Gasteiger partial charge in [-0.15, -0.1) is 0 Å². The maximum absolute atomic E-state index is 13.5. The molecule has 8 atom stereocenters. The predicted octanol–water partition coefficient (Wildman–Crippen LogP) is 8.47. The van der Waals surface area contributed by atoms with Crippen LogP contribution >= 0.6 is 0 Å². The first-order chi connectivity index (χ1) is 36.2. The zero-order chi connectivity index (χ0) is 55.6. The molecule has 2 aliphatic carbocycles. The van der Waals surface area contributed by atoms with Gasteiger partial charge in [0.1, 0.15) is 61.6 Å². The minimum Gasteiger partial charge on any atom is -0.489 e. The van der Waals surface area contributed by atoms with Gasteiger partial charge < -0.3 is 47.4 Å². The second-order valence-electron chi connectivity index (χ2n) is 18.8. The summed E-state index contributed by atoms with van der Waals surface area (Å²) in [7, 11) is 0. The molecule has 0 aliphatic heterocycles. The Bertz CT molecular complexity index is 2500. The molecule has 406 valence electrons. The Labute approximate surface area is 442 Å². The fraction of sp³-hybridized carbons (Fsp3) is 0.414. The smallest absolute Gasteiger partial charge is 0.338 e. The van der Waals surface area contributed by atoms with Gasteiger partial charge in [-0.25, -0.2) is 28.8 Å². The molecule has 0 aromatic heterocycles. The van der Waals surface area contributed by atoms with Crippen LogP contribution < -0.4 is 18.9 Å². The SMILES string of the molecule is C=CC(=O)OCC(COc1ccc(C(=O)OC2CCC(C(=O)Oc3ccc(OC(=O)C4CCC(OC(=O)c5ccc(OCC(COC(=O)C=C)OC(=O)C=C)c(C)c5)C(C)C4)c(C)c3C)CC2C)cc1C)OC(=O)C=C. The summed E-state index contributed by atoms with van der Waals surface area (Å²) < 4.78 is 55.7. The van der Waals surface area contributed by atoms with Crippen LogP contribution in [0.15, 0.2) is 99.2 Å². The summed E-state index contributed by atoms with van der Waals surface area (Å²) in [5.74, 6) is -4.41. The van der Waals surface area contributed by atoms with E-state index in [9.17, 15) is 38.4 Å². The lowest BCUT2D eigenvalue weighted by Crippen LogP contribution is -2.36. The Morgan fingerprint density at radius 3 is 1.18 bits per heavy atom. The van der Waals surface area contributed by atoms with Crippen LogP contribution in [0.4, 0.5) is 0 Å². The molecule has 3 aromatic rings. The van der Waals surface area contributed by atoms with E-state index in [1.54, 1.807) is 76.2 Å². The van der Waals surface area contributed by atoms with E-state index in [4.69, 9.17) is 47.4 Å². The van der Waals surface area contributed by atoms with Gasteiger partial charge in [-0.2, -0.15) is 0 Å². The van der Waals surface area contributed by atoms with E-state index < -0.39 is 84.0 Å². The minimum absolute atomic E-state index is 0.144. The van der Waals surface area contributed by atoms with Crippen LogP contribution in [0.5, 0.6) is 23.0 Å². The van der Waals surface area contributed by atoms with Crippen LogP contribution in [0.25, 0.3) is 0 Å². The average molecular weight is 1050 g/mol. The molecule has 0 radical (unpaired) electrons. The molecule has 76 heavy (non-hydrogen) atoms. The van der Waals surface area contributed by atoms with Crippen molar-refractivity contribution >= 4 is 47.8 Å². The van der Waals surface area contributed by atoms with Gasteiger partial charge in [0, 0.05) is 24.3 Å². The number of esters is 8. The fourth-order valence-electron chi connectivity index (χ4n) is 8.67. The number of aryl methyl sites for hydroxylation is 2. The van der Waals surface area contributed by atoms with Crippen LogP contribution in [-0.4, -0.2) is 98.6 Å². The number of ether oxygens (including phenoxy) is 10. The first-order valence-electron chi connectivity index (χ1n) is 24.9. The maximum atomic E-state index is 13.5. The molecule has 2 saturated carbocycles. The van der Waals surface area contributed by atoms with Crippen molar-refractivity contribution < 1.29 is 85.7 Å². The highest BCUT2D eigenvalue weighted by Gasteiger charge is 2.37. The summed E-state index contributed by atoms with van der Waals surface area (Å²) in [4.78, 5) is 100. The number of rotatable bonds is 24. The summed E-state index contributed by atoms with van der Waals surface area (Å²) in [6.45, 7) is 23.5. The number of carbonyl (C=O) groups is 8. The maximum Gasteiger partial charge on any atom is 0.338 e. The normalized spacial score (nSPS) is 19.6. The molecule has 2 fully saturated rings. The van der Waals surface area contributed by atoms with Crippen molar-refractivity contribution in [2.75, 3.05) is 26.4 Å². The molecule has 0 spiro atoms. The standard InChI is InChI=1S/C58H66O18/c1-11-51(59)69-31-43(71-53(61)13-3)29-67-45-19-15-39(25-33(45)5)55(63)73-47-21-17-41(27-35(47)7)57(65)75-49-23-24-50(38(10)37(49)9)76-58(66)42-18-22-48(36(8)28-42)74-56(64)40-16-20-46(34(6)26-40)68-30-44(72-54(62)14-4)32-70-52(60)12-2/h11-16,19-20,23-26,35-36,41-44,47-48H,1-4,17-18,21-22,27-32H2,5-10H3. The fourth-order valence-corrected chi connectivity index (χ4v) is 8.67. The summed E-state index contributed by atoms with van der Waals surface area (Å²) >= 11 is 0. The molecule has 3 aromatic carbocycles. The van der Waals surface area contributed by atoms with E-state index >= 15 is 0 Å². The molecule has 0 heterocycles. The summed E-state index contributed by atoms with van der Waals surface area (Å²) in [6, 6.07) is 12.7. The van der Waals surface area contributed by atoms with Crippen LogP contribution in [0, 0.1) is 51.4 Å². The molecule has 0 amide bonds. The second-order valence-corrected chi connectivity index (χ2v) is 18.8. The van der Waals surface area contributed by atoms with Crippen molar-refractivity contribution in [2.24, 2.45) is 23.7 Å². The van der Waals surface area contributed by atoms with E-state index in [-0.39, 0.29) is 38.3 Å². The lowest BCUT2D eigenvalue weighted by Gasteiger charge is -2.33. The van der Waals surface area contributed by atoms with Crippen molar-refractivity contribution in [2.45, 2.75) is 104 Å². The van der Waals surface area contributed by atoms with Gasteiger partial charge in [0.2, 0.25) is 0 Å². The Morgan fingerprint density at radius 2 is 0.855 bits per heavy atom. The molecule has 0 saturated heterocycles. The van der Waals surface area contributed by atoms with Gasteiger partial charge in [-0.3, -0.25) is 9.59 Å².